The topological polar surface area (TPSA) is 111 Å². The molecule has 2 aromatic carbocycles. The number of benzene rings is 2. The van der Waals surface area contributed by atoms with Gasteiger partial charge in [0.25, 0.3) is 11.6 Å². The molecule has 2 rings (SSSR count). The Balaban J connectivity index is 2.01. The summed E-state index contributed by atoms with van der Waals surface area (Å²) in [4.78, 5) is 36.4. The molecule has 1 N–H and O–H groups in total. The monoisotopic (exact) mass is 373 g/mol. The first kappa shape index (κ1) is 19.7. The lowest BCUT2D eigenvalue weighted by molar-refractivity contribution is -0.384. The molecular formula is C18H19N3O6. The van der Waals surface area contributed by atoms with E-state index >= 15 is 0 Å². The first-order chi connectivity index (χ1) is 12.8. The number of methoxy groups -OCH3 is 1. The van der Waals surface area contributed by atoms with Crippen LogP contribution >= 0.6 is 0 Å². The third-order valence-electron chi connectivity index (χ3n) is 3.61. The van der Waals surface area contributed by atoms with E-state index in [-0.39, 0.29) is 17.1 Å². The number of nitro groups is 1. The van der Waals surface area contributed by atoms with Crippen molar-refractivity contribution in [3.63, 3.8) is 0 Å². The molecule has 0 radical (unpaired) electrons. The van der Waals surface area contributed by atoms with Gasteiger partial charge in [0.15, 0.2) is 6.61 Å². The Morgan fingerprint density at radius 2 is 1.93 bits per heavy atom. The Morgan fingerprint density at radius 1 is 1.19 bits per heavy atom. The van der Waals surface area contributed by atoms with Gasteiger partial charge in [0.05, 0.1) is 23.7 Å². The molecule has 2 aromatic rings. The van der Waals surface area contributed by atoms with Crippen molar-refractivity contribution in [3.8, 4) is 5.75 Å². The molecule has 142 valence electrons. The number of amides is 1. The van der Waals surface area contributed by atoms with Crippen LogP contribution in [0.1, 0.15) is 10.4 Å². The molecule has 0 fully saturated rings. The summed E-state index contributed by atoms with van der Waals surface area (Å²) in [7, 11) is 5.04. The SMILES string of the molecule is COc1ccc(NC(=O)COC(=O)c2cccc(N(C)C)c2)c([N+](=O)[O-])c1. The summed E-state index contributed by atoms with van der Waals surface area (Å²) < 4.78 is 9.91. The van der Waals surface area contributed by atoms with Crippen LogP contribution in [0.2, 0.25) is 0 Å². The zero-order valence-electron chi connectivity index (χ0n) is 15.1. The number of carbonyl (C=O) groups excluding carboxylic acids is 2. The van der Waals surface area contributed by atoms with Crippen LogP contribution < -0.4 is 15.0 Å². The van der Waals surface area contributed by atoms with Gasteiger partial charge in [-0.1, -0.05) is 6.07 Å². The lowest BCUT2D eigenvalue weighted by atomic mass is 10.2. The fraction of sp³-hybridized carbons (Fsp3) is 0.222. The molecule has 0 aliphatic carbocycles. The quantitative estimate of drug-likeness (QED) is 0.451. The Morgan fingerprint density at radius 3 is 2.56 bits per heavy atom. The zero-order valence-corrected chi connectivity index (χ0v) is 15.1. The number of nitrogens with zero attached hydrogens (tertiary/aromatic N) is 2. The van der Waals surface area contributed by atoms with Crippen molar-refractivity contribution in [3.05, 3.63) is 58.1 Å². The summed E-state index contributed by atoms with van der Waals surface area (Å²) in [6, 6.07) is 10.7. The van der Waals surface area contributed by atoms with Crippen LogP contribution in [-0.4, -0.2) is 44.6 Å². The van der Waals surface area contributed by atoms with Crippen LogP contribution in [-0.2, 0) is 9.53 Å². The molecular weight excluding hydrogens is 354 g/mol. The predicted octanol–water partition coefficient (Wildman–Crippen LogP) is 2.46. The van der Waals surface area contributed by atoms with Crippen molar-refractivity contribution in [1.82, 2.24) is 0 Å². The van der Waals surface area contributed by atoms with Gasteiger partial charge in [0.1, 0.15) is 11.4 Å². The molecule has 9 nitrogen and oxygen atoms in total. The highest BCUT2D eigenvalue weighted by Gasteiger charge is 2.18. The largest absolute Gasteiger partial charge is 0.496 e. The first-order valence-electron chi connectivity index (χ1n) is 7.88. The van der Waals surface area contributed by atoms with E-state index in [1.807, 2.05) is 25.1 Å². The second-order valence-electron chi connectivity index (χ2n) is 5.71. The fourth-order valence-corrected chi connectivity index (χ4v) is 2.21. The predicted molar refractivity (Wildman–Crippen MR) is 99.3 cm³/mol. The Labute approximate surface area is 155 Å². The molecule has 0 spiro atoms. The standard InChI is InChI=1S/C18H19N3O6/c1-20(2)13-6-4-5-12(9-13)18(23)27-11-17(22)19-15-8-7-14(26-3)10-16(15)21(24)25/h4-10H,11H2,1-3H3,(H,19,22). The molecule has 9 heteroatoms. The minimum atomic E-state index is -0.694. The van der Waals surface area contributed by atoms with Crippen LogP contribution in [0.25, 0.3) is 0 Å². The molecule has 27 heavy (non-hydrogen) atoms. The smallest absolute Gasteiger partial charge is 0.338 e. The van der Waals surface area contributed by atoms with E-state index in [9.17, 15) is 19.7 Å². The van der Waals surface area contributed by atoms with E-state index in [1.54, 1.807) is 18.2 Å². The maximum Gasteiger partial charge on any atom is 0.338 e. The number of nitrogens with one attached hydrogen (secondary N) is 1. The van der Waals surface area contributed by atoms with Crippen molar-refractivity contribution >= 4 is 28.9 Å². The summed E-state index contributed by atoms with van der Waals surface area (Å²) in [6.07, 6.45) is 0. The highest BCUT2D eigenvalue weighted by molar-refractivity contribution is 5.97. The van der Waals surface area contributed by atoms with Crippen LogP contribution in [0.15, 0.2) is 42.5 Å². The molecule has 0 saturated heterocycles. The van der Waals surface area contributed by atoms with E-state index < -0.39 is 23.4 Å². The first-order valence-corrected chi connectivity index (χ1v) is 7.88. The Kier molecular flexibility index (Phi) is 6.32. The molecule has 0 saturated carbocycles. The van der Waals surface area contributed by atoms with Crippen LogP contribution in [0, 0.1) is 10.1 Å². The average molecular weight is 373 g/mol. The number of rotatable bonds is 7. The van der Waals surface area contributed by atoms with E-state index in [0.717, 1.165) is 5.69 Å². The summed E-state index contributed by atoms with van der Waals surface area (Å²) in [5.74, 6) is -1.08. The number of anilines is 2. The number of esters is 1. The molecule has 1 amide bonds. The maximum absolute atomic E-state index is 12.1. The van der Waals surface area contributed by atoms with Crippen molar-refractivity contribution in [2.75, 3.05) is 38.0 Å². The van der Waals surface area contributed by atoms with Gasteiger partial charge in [-0.15, -0.1) is 0 Å². The van der Waals surface area contributed by atoms with Gasteiger partial charge in [-0.05, 0) is 30.3 Å². The van der Waals surface area contributed by atoms with Gasteiger partial charge >= 0.3 is 5.97 Å². The number of carbonyl (C=O) groups is 2. The van der Waals surface area contributed by atoms with Crippen molar-refractivity contribution in [2.24, 2.45) is 0 Å². The minimum absolute atomic E-state index is 0.0172. The molecule has 0 aliphatic heterocycles. The number of hydrogen-bond donors (Lipinski definition) is 1. The lowest BCUT2D eigenvalue weighted by Crippen LogP contribution is -2.21. The number of hydrogen-bond acceptors (Lipinski definition) is 7. The summed E-state index contributed by atoms with van der Waals surface area (Å²) in [5.41, 5.74) is 0.761. The van der Waals surface area contributed by atoms with Crippen molar-refractivity contribution < 1.29 is 24.0 Å². The summed E-state index contributed by atoms with van der Waals surface area (Å²) in [6.45, 7) is -0.575. The second-order valence-corrected chi connectivity index (χ2v) is 5.71. The van der Waals surface area contributed by atoms with E-state index in [0.29, 0.717) is 5.56 Å². The minimum Gasteiger partial charge on any atom is -0.496 e. The zero-order chi connectivity index (χ0) is 20.0. The van der Waals surface area contributed by atoms with Gasteiger partial charge in [0.2, 0.25) is 0 Å². The molecule has 0 heterocycles. The number of ether oxygens (including phenoxy) is 2. The molecule has 0 aliphatic rings. The molecule has 0 unspecified atom stereocenters. The third kappa shape index (κ3) is 5.18. The van der Waals surface area contributed by atoms with Gasteiger partial charge in [-0.3, -0.25) is 14.9 Å². The van der Waals surface area contributed by atoms with Crippen molar-refractivity contribution in [1.29, 1.82) is 0 Å². The van der Waals surface area contributed by atoms with Crippen LogP contribution in [0.5, 0.6) is 5.75 Å². The summed E-state index contributed by atoms with van der Waals surface area (Å²) >= 11 is 0. The third-order valence-corrected chi connectivity index (χ3v) is 3.61. The molecule has 0 aromatic heterocycles. The Hall–Kier alpha value is -3.62. The normalized spacial score (nSPS) is 10.0. The average Bonchev–Trinajstić information content (AvgIpc) is 2.66. The van der Waals surface area contributed by atoms with Crippen LogP contribution in [0.3, 0.4) is 0 Å². The Bertz CT molecular complexity index is 866. The van der Waals surface area contributed by atoms with Gasteiger partial charge in [-0.2, -0.15) is 0 Å². The maximum atomic E-state index is 12.1. The van der Waals surface area contributed by atoms with Crippen LogP contribution in [0.4, 0.5) is 17.1 Å². The number of nitro benzene ring substituents is 1. The van der Waals surface area contributed by atoms with E-state index in [1.165, 1.54) is 25.3 Å². The summed E-state index contributed by atoms with van der Waals surface area (Å²) in [5, 5.41) is 13.5. The lowest BCUT2D eigenvalue weighted by Gasteiger charge is -2.13. The van der Waals surface area contributed by atoms with Gasteiger partial charge in [0, 0.05) is 19.8 Å². The second kappa shape index (κ2) is 8.65. The van der Waals surface area contributed by atoms with Gasteiger partial charge < -0.3 is 19.7 Å². The van der Waals surface area contributed by atoms with E-state index in [2.05, 4.69) is 5.32 Å². The molecule has 0 bridgehead atoms. The van der Waals surface area contributed by atoms with Crippen molar-refractivity contribution in [2.45, 2.75) is 0 Å². The van der Waals surface area contributed by atoms with Gasteiger partial charge in [-0.25, -0.2) is 4.79 Å². The molecule has 0 atom stereocenters. The van der Waals surface area contributed by atoms with E-state index in [4.69, 9.17) is 9.47 Å². The fourth-order valence-electron chi connectivity index (χ4n) is 2.21. The highest BCUT2D eigenvalue weighted by Crippen LogP contribution is 2.28. The highest BCUT2D eigenvalue weighted by atomic mass is 16.6.